The molecule has 0 N–H and O–H groups in total. The molecule has 0 aliphatic heterocycles. The minimum absolute atomic E-state index is 0.606. The fourth-order valence-electron chi connectivity index (χ4n) is 3.08. The van der Waals surface area contributed by atoms with Crippen LogP contribution >= 0.6 is 0 Å². The molecule has 1 saturated carbocycles. The quantitative estimate of drug-likeness (QED) is 0.532. The molecule has 15 heavy (non-hydrogen) atoms. The Morgan fingerprint density at radius 2 is 1.60 bits per heavy atom. The molecule has 0 heterocycles. The van der Waals surface area contributed by atoms with Gasteiger partial charge in [-0.1, -0.05) is 59.8 Å². The molecule has 0 atom stereocenters. The maximum absolute atomic E-state index is 2.50. The van der Waals surface area contributed by atoms with Crippen LogP contribution in [0.3, 0.4) is 0 Å². The minimum atomic E-state index is 0.606. The van der Waals surface area contributed by atoms with Crippen LogP contribution in [-0.4, -0.2) is 0 Å². The molecule has 90 valence electrons. The fraction of sp³-hybridized carbons (Fsp3) is 1.00. The third-order valence-corrected chi connectivity index (χ3v) is 4.55. The van der Waals surface area contributed by atoms with E-state index in [4.69, 9.17) is 0 Å². The van der Waals surface area contributed by atoms with Crippen molar-refractivity contribution in [3.8, 4) is 0 Å². The number of unbranched alkanes of at least 4 members (excludes halogenated alkanes) is 2. The average molecular weight is 210 g/mol. The predicted molar refractivity (Wildman–Crippen MR) is 69.0 cm³/mol. The van der Waals surface area contributed by atoms with Crippen LogP contribution in [0.25, 0.3) is 0 Å². The molecular formula is C15H30. The van der Waals surface area contributed by atoms with E-state index >= 15 is 0 Å². The van der Waals surface area contributed by atoms with Crippen molar-refractivity contribution in [3.63, 3.8) is 0 Å². The van der Waals surface area contributed by atoms with E-state index in [-0.39, 0.29) is 0 Å². The molecule has 0 aromatic heterocycles. The third-order valence-electron chi connectivity index (χ3n) is 4.55. The molecular weight excluding hydrogens is 180 g/mol. The molecule has 1 fully saturated rings. The van der Waals surface area contributed by atoms with Gasteiger partial charge in [-0.15, -0.1) is 0 Å². The van der Waals surface area contributed by atoms with E-state index in [2.05, 4.69) is 27.7 Å². The van der Waals surface area contributed by atoms with Crippen molar-refractivity contribution in [2.24, 2.45) is 17.3 Å². The Morgan fingerprint density at radius 1 is 1.00 bits per heavy atom. The molecule has 0 spiro atoms. The highest BCUT2D eigenvalue weighted by Crippen LogP contribution is 2.42. The van der Waals surface area contributed by atoms with Gasteiger partial charge in [0.15, 0.2) is 0 Å². The zero-order valence-corrected chi connectivity index (χ0v) is 11.3. The SMILES string of the molecule is CCCCCC(C)(C)C1CCC(C)CC1. The van der Waals surface area contributed by atoms with E-state index in [1.54, 1.807) is 0 Å². The van der Waals surface area contributed by atoms with Crippen LogP contribution < -0.4 is 0 Å². The van der Waals surface area contributed by atoms with Crippen molar-refractivity contribution < 1.29 is 0 Å². The van der Waals surface area contributed by atoms with Gasteiger partial charge in [0.2, 0.25) is 0 Å². The molecule has 0 unspecified atom stereocenters. The summed E-state index contributed by atoms with van der Waals surface area (Å²) in [4.78, 5) is 0. The third kappa shape index (κ3) is 4.17. The Labute approximate surface area is 96.8 Å². The minimum Gasteiger partial charge on any atom is -0.0654 e. The van der Waals surface area contributed by atoms with Gasteiger partial charge in [0, 0.05) is 0 Å². The highest BCUT2D eigenvalue weighted by atomic mass is 14.4. The summed E-state index contributed by atoms with van der Waals surface area (Å²) in [5.74, 6) is 2.00. The number of rotatable bonds is 5. The predicted octanol–water partition coefficient (Wildman–Crippen LogP) is 5.42. The Balaban J connectivity index is 2.32. The molecule has 0 aromatic rings. The molecule has 1 aliphatic carbocycles. The molecule has 0 radical (unpaired) electrons. The lowest BCUT2D eigenvalue weighted by Crippen LogP contribution is -2.27. The second-order valence-electron chi connectivity index (χ2n) is 6.40. The van der Waals surface area contributed by atoms with E-state index < -0.39 is 0 Å². The van der Waals surface area contributed by atoms with Crippen molar-refractivity contribution in [2.75, 3.05) is 0 Å². The van der Waals surface area contributed by atoms with Crippen molar-refractivity contribution in [1.29, 1.82) is 0 Å². The summed E-state index contributed by atoms with van der Waals surface area (Å²) in [6.45, 7) is 9.72. The second-order valence-corrected chi connectivity index (χ2v) is 6.40. The summed E-state index contributed by atoms with van der Waals surface area (Å²) in [5.41, 5.74) is 0.606. The largest absolute Gasteiger partial charge is 0.0654 e. The number of hydrogen-bond acceptors (Lipinski definition) is 0. The van der Waals surface area contributed by atoms with Crippen molar-refractivity contribution >= 4 is 0 Å². The van der Waals surface area contributed by atoms with Crippen LogP contribution in [0.2, 0.25) is 0 Å². The normalized spacial score (nSPS) is 28.0. The maximum Gasteiger partial charge on any atom is -0.0326 e. The Morgan fingerprint density at radius 3 is 2.13 bits per heavy atom. The Bertz CT molecular complexity index is 161. The van der Waals surface area contributed by atoms with E-state index in [9.17, 15) is 0 Å². The highest BCUT2D eigenvalue weighted by Gasteiger charge is 2.31. The van der Waals surface area contributed by atoms with Crippen LogP contribution in [0.4, 0.5) is 0 Å². The van der Waals surface area contributed by atoms with E-state index in [0.29, 0.717) is 5.41 Å². The molecule has 0 aromatic carbocycles. The Kier molecular flexibility index (Phi) is 5.15. The summed E-state index contributed by atoms with van der Waals surface area (Å²) in [5, 5.41) is 0. The summed E-state index contributed by atoms with van der Waals surface area (Å²) < 4.78 is 0. The van der Waals surface area contributed by atoms with Crippen LogP contribution in [0.5, 0.6) is 0 Å². The molecule has 1 rings (SSSR count). The van der Waals surface area contributed by atoms with Crippen molar-refractivity contribution in [2.45, 2.75) is 79.1 Å². The maximum atomic E-state index is 2.50. The summed E-state index contributed by atoms with van der Waals surface area (Å²) >= 11 is 0. The van der Waals surface area contributed by atoms with Crippen molar-refractivity contribution in [1.82, 2.24) is 0 Å². The highest BCUT2D eigenvalue weighted by molar-refractivity contribution is 4.82. The fourth-order valence-corrected chi connectivity index (χ4v) is 3.08. The van der Waals surface area contributed by atoms with Gasteiger partial charge in [0.05, 0.1) is 0 Å². The lowest BCUT2D eigenvalue weighted by Gasteiger charge is -2.39. The van der Waals surface area contributed by atoms with Gasteiger partial charge >= 0.3 is 0 Å². The monoisotopic (exact) mass is 210 g/mol. The van der Waals surface area contributed by atoms with Crippen molar-refractivity contribution in [3.05, 3.63) is 0 Å². The van der Waals surface area contributed by atoms with Crippen LogP contribution in [0.1, 0.15) is 79.1 Å². The molecule has 0 heteroatoms. The van der Waals surface area contributed by atoms with E-state index in [1.165, 1.54) is 51.4 Å². The molecule has 0 amide bonds. The van der Waals surface area contributed by atoms with Gasteiger partial charge in [-0.25, -0.2) is 0 Å². The van der Waals surface area contributed by atoms with Gasteiger partial charge < -0.3 is 0 Å². The van der Waals surface area contributed by atoms with Gasteiger partial charge in [0.25, 0.3) is 0 Å². The first kappa shape index (κ1) is 13.1. The zero-order chi connectivity index (χ0) is 11.3. The topological polar surface area (TPSA) is 0 Å². The summed E-state index contributed by atoms with van der Waals surface area (Å²) in [6.07, 6.45) is 11.6. The molecule has 0 nitrogen and oxygen atoms in total. The number of hydrogen-bond donors (Lipinski definition) is 0. The molecule has 1 aliphatic rings. The van der Waals surface area contributed by atoms with E-state index in [1.807, 2.05) is 0 Å². The average Bonchev–Trinajstić information content (AvgIpc) is 2.18. The Hall–Kier alpha value is 0. The van der Waals surface area contributed by atoms with Crippen LogP contribution in [-0.2, 0) is 0 Å². The molecule has 0 bridgehead atoms. The van der Waals surface area contributed by atoms with Gasteiger partial charge in [-0.05, 0) is 36.5 Å². The van der Waals surface area contributed by atoms with E-state index in [0.717, 1.165) is 11.8 Å². The van der Waals surface area contributed by atoms with Crippen LogP contribution in [0.15, 0.2) is 0 Å². The lowest BCUT2D eigenvalue weighted by molar-refractivity contribution is 0.124. The standard InChI is InChI=1S/C15H30/c1-5-6-7-12-15(3,4)14-10-8-13(2)9-11-14/h13-14H,5-12H2,1-4H3. The van der Waals surface area contributed by atoms with Gasteiger partial charge in [-0.3, -0.25) is 0 Å². The lowest BCUT2D eigenvalue weighted by atomic mass is 9.67. The smallest absolute Gasteiger partial charge is 0.0326 e. The first-order valence-corrected chi connectivity index (χ1v) is 7.06. The van der Waals surface area contributed by atoms with Gasteiger partial charge in [-0.2, -0.15) is 0 Å². The first-order chi connectivity index (χ1) is 7.06. The van der Waals surface area contributed by atoms with Crippen LogP contribution in [0, 0.1) is 17.3 Å². The summed E-state index contributed by atoms with van der Waals surface area (Å²) in [7, 11) is 0. The first-order valence-electron chi connectivity index (χ1n) is 7.06. The van der Waals surface area contributed by atoms with Gasteiger partial charge in [0.1, 0.15) is 0 Å². The second kappa shape index (κ2) is 5.92. The molecule has 0 saturated heterocycles. The zero-order valence-electron chi connectivity index (χ0n) is 11.3. The summed E-state index contributed by atoms with van der Waals surface area (Å²) in [6, 6.07) is 0.